The number of rotatable bonds is 5. The van der Waals surface area contributed by atoms with Gasteiger partial charge in [-0.15, -0.1) is 0 Å². The molecular formula is C23H21N. The average Bonchev–Trinajstić information content (AvgIpc) is 2.65. The van der Waals surface area contributed by atoms with Crippen LogP contribution in [0.5, 0.6) is 0 Å². The van der Waals surface area contributed by atoms with Gasteiger partial charge in [-0.2, -0.15) is 0 Å². The number of hydrogen-bond donors (Lipinski definition) is 0. The average molecular weight is 311 g/mol. The largest absolute Gasteiger partial charge is 0.311 e. The summed E-state index contributed by atoms with van der Waals surface area (Å²) in [6.45, 7) is 2.02. The van der Waals surface area contributed by atoms with Gasteiger partial charge in [0.05, 0.1) is 0 Å². The molecule has 3 aromatic carbocycles. The van der Waals surface area contributed by atoms with E-state index < -0.39 is 0 Å². The van der Waals surface area contributed by atoms with Gasteiger partial charge in [-0.25, -0.2) is 0 Å². The Morgan fingerprint density at radius 3 is 1.58 bits per heavy atom. The molecule has 0 aliphatic rings. The molecule has 0 amide bonds. The van der Waals surface area contributed by atoms with Crippen LogP contribution < -0.4 is 4.90 Å². The minimum Gasteiger partial charge on any atom is -0.311 e. The zero-order chi connectivity index (χ0) is 16.6. The van der Waals surface area contributed by atoms with Crippen molar-refractivity contribution >= 4 is 23.1 Å². The quantitative estimate of drug-likeness (QED) is 0.471. The molecule has 0 atom stereocenters. The number of allylic oxidation sites excluding steroid dienone is 3. The highest BCUT2D eigenvalue weighted by Gasteiger charge is 2.10. The molecule has 0 saturated heterocycles. The van der Waals surface area contributed by atoms with Crippen LogP contribution >= 0.6 is 0 Å². The molecule has 0 bridgehead atoms. The van der Waals surface area contributed by atoms with Gasteiger partial charge in [0.15, 0.2) is 0 Å². The van der Waals surface area contributed by atoms with Gasteiger partial charge in [0.2, 0.25) is 0 Å². The Kier molecular flexibility index (Phi) is 5.26. The molecule has 0 saturated carbocycles. The summed E-state index contributed by atoms with van der Waals surface area (Å²) >= 11 is 0. The van der Waals surface area contributed by atoms with Crippen LogP contribution in [0.2, 0.25) is 0 Å². The van der Waals surface area contributed by atoms with Crippen molar-refractivity contribution in [3.05, 3.63) is 109 Å². The summed E-state index contributed by atoms with van der Waals surface area (Å²) in [4.78, 5) is 2.26. The third-order valence-corrected chi connectivity index (χ3v) is 3.77. The molecule has 1 nitrogen and oxygen atoms in total. The van der Waals surface area contributed by atoms with E-state index in [1.54, 1.807) is 0 Å². The van der Waals surface area contributed by atoms with E-state index in [2.05, 4.69) is 89.8 Å². The molecule has 3 aromatic rings. The van der Waals surface area contributed by atoms with E-state index in [-0.39, 0.29) is 0 Å². The molecule has 0 spiro atoms. The standard InChI is InChI=1S/C23H21N/c1-2-3-6-11-20-16-18-23(19-17-20)24(21-12-7-4-8-13-21)22-14-9-5-10-15-22/h2-19H,1H3/b3-2+,11-6+. The first kappa shape index (κ1) is 15.8. The van der Waals surface area contributed by atoms with Gasteiger partial charge in [-0.1, -0.05) is 72.8 Å². The van der Waals surface area contributed by atoms with Crippen LogP contribution in [-0.4, -0.2) is 0 Å². The van der Waals surface area contributed by atoms with Crippen LogP contribution in [0.3, 0.4) is 0 Å². The molecule has 1 heteroatoms. The third kappa shape index (κ3) is 3.82. The number of hydrogen-bond acceptors (Lipinski definition) is 1. The third-order valence-electron chi connectivity index (χ3n) is 3.77. The number of nitrogens with zero attached hydrogens (tertiary/aromatic N) is 1. The van der Waals surface area contributed by atoms with Crippen LogP contribution in [0.1, 0.15) is 12.5 Å². The Morgan fingerprint density at radius 2 is 1.08 bits per heavy atom. The first-order chi connectivity index (χ1) is 11.9. The number of para-hydroxylation sites is 2. The van der Waals surface area contributed by atoms with Crippen molar-refractivity contribution in [2.24, 2.45) is 0 Å². The SMILES string of the molecule is C/C=C/C=C/c1ccc(N(c2ccccc2)c2ccccc2)cc1. The van der Waals surface area contributed by atoms with Crippen LogP contribution in [0.4, 0.5) is 17.1 Å². The Morgan fingerprint density at radius 1 is 0.583 bits per heavy atom. The Bertz CT molecular complexity index is 760. The number of anilines is 3. The van der Waals surface area contributed by atoms with Crippen LogP contribution in [0.15, 0.2) is 103 Å². The molecule has 0 fully saturated rings. The summed E-state index contributed by atoms with van der Waals surface area (Å²) in [5.74, 6) is 0. The molecule has 3 rings (SSSR count). The molecule has 0 radical (unpaired) electrons. The molecule has 0 unspecified atom stereocenters. The lowest BCUT2D eigenvalue weighted by atomic mass is 10.1. The van der Waals surface area contributed by atoms with E-state index in [1.165, 1.54) is 5.56 Å². The normalized spacial score (nSPS) is 11.2. The summed E-state index contributed by atoms with van der Waals surface area (Å²) in [5, 5.41) is 0. The second-order valence-electron chi connectivity index (χ2n) is 5.48. The van der Waals surface area contributed by atoms with Crippen molar-refractivity contribution in [2.75, 3.05) is 4.90 Å². The van der Waals surface area contributed by atoms with Crippen molar-refractivity contribution < 1.29 is 0 Å². The molecule has 0 N–H and O–H groups in total. The van der Waals surface area contributed by atoms with E-state index in [0.29, 0.717) is 0 Å². The first-order valence-electron chi connectivity index (χ1n) is 8.18. The van der Waals surface area contributed by atoms with Crippen LogP contribution in [0, 0.1) is 0 Å². The van der Waals surface area contributed by atoms with Crippen molar-refractivity contribution in [3.8, 4) is 0 Å². The maximum absolute atomic E-state index is 2.26. The van der Waals surface area contributed by atoms with Gasteiger partial charge in [0.25, 0.3) is 0 Å². The molecule has 118 valence electrons. The Labute approximate surface area is 144 Å². The highest BCUT2D eigenvalue weighted by atomic mass is 15.1. The summed E-state index contributed by atoms with van der Waals surface area (Å²) in [5.41, 5.74) is 4.65. The Balaban J connectivity index is 1.97. The Hall–Kier alpha value is -3.06. The summed E-state index contributed by atoms with van der Waals surface area (Å²) in [6.07, 6.45) is 8.23. The number of benzene rings is 3. The molecule has 0 aliphatic heterocycles. The van der Waals surface area contributed by atoms with Gasteiger partial charge in [0, 0.05) is 17.1 Å². The van der Waals surface area contributed by atoms with Crippen molar-refractivity contribution in [3.63, 3.8) is 0 Å². The lowest BCUT2D eigenvalue weighted by Gasteiger charge is -2.25. The summed E-state index contributed by atoms with van der Waals surface area (Å²) in [6, 6.07) is 29.5. The zero-order valence-electron chi connectivity index (χ0n) is 13.8. The second-order valence-corrected chi connectivity index (χ2v) is 5.48. The molecule has 0 aromatic heterocycles. The fourth-order valence-corrected chi connectivity index (χ4v) is 2.61. The zero-order valence-corrected chi connectivity index (χ0v) is 13.8. The molecule has 0 aliphatic carbocycles. The maximum atomic E-state index is 2.26. The fraction of sp³-hybridized carbons (Fsp3) is 0.0435. The predicted molar refractivity (Wildman–Crippen MR) is 105 cm³/mol. The van der Waals surface area contributed by atoms with E-state index in [4.69, 9.17) is 0 Å². The minimum absolute atomic E-state index is 1.15. The van der Waals surface area contributed by atoms with Gasteiger partial charge in [-0.3, -0.25) is 0 Å². The lowest BCUT2D eigenvalue weighted by molar-refractivity contribution is 1.28. The fourth-order valence-electron chi connectivity index (χ4n) is 2.61. The van der Waals surface area contributed by atoms with Gasteiger partial charge in [0.1, 0.15) is 0 Å². The van der Waals surface area contributed by atoms with E-state index in [9.17, 15) is 0 Å². The minimum atomic E-state index is 1.15. The van der Waals surface area contributed by atoms with E-state index >= 15 is 0 Å². The molecule has 24 heavy (non-hydrogen) atoms. The maximum Gasteiger partial charge on any atom is 0.0462 e. The lowest BCUT2D eigenvalue weighted by Crippen LogP contribution is -2.09. The van der Waals surface area contributed by atoms with Crippen molar-refractivity contribution in [2.45, 2.75) is 6.92 Å². The van der Waals surface area contributed by atoms with Crippen LogP contribution in [0.25, 0.3) is 6.08 Å². The summed E-state index contributed by atoms with van der Waals surface area (Å²) < 4.78 is 0. The van der Waals surface area contributed by atoms with Crippen molar-refractivity contribution in [1.29, 1.82) is 0 Å². The monoisotopic (exact) mass is 311 g/mol. The highest BCUT2D eigenvalue weighted by molar-refractivity contribution is 5.76. The predicted octanol–water partition coefficient (Wildman–Crippen LogP) is 6.75. The van der Waals surface area contributed by atoms with E-state index in [0.717, 1.165) is 17.1 Å². The van der Waals surface area contributed by atoms with E-state index in [1.807, 2.05) is 31.2 Å². The molecule has 0 heterocycles. The van der Waals surface area contributed by atoms with Gasteiger partial charge in [-0.05, 0) is 48.9 Å². The second kappa shape index (κ2) is 7.98. The first-order valence-corrected chi connectivity index (χ1v) is 8.18. The van der Waals surface area contributed by atoms with Gasteiger partial charge < -0.3 is 4.90 Å². The highest BCUT2D eigenvalue weighted by Crippen LogP contribution is 2.34. The molecular weight excluding hydrogens is 290 g/mol. The smallest absolute Gasteiger partial charge is 0.0462 e. The van der Waals surface area contributed by atoms with Crippen LogP contribution in [-0.2, 0) is 0 Å². The van der Waals surface area contributed by atoms with Gasteiger partial charge >= 0.3 is 0 Å². The summed E-state index contributed by atoms with van der Waals surface area (Å²) in [7, 11) is 0. The topological polar surface area (TPSA) is 3.24 Å². The van der Waals surface area contributed by atoms with Crippen molar-refractivity contribution in [1.82, 2.24) is 0 Å².